The lowest BCUT2D eigenvalue weighted by Gasteiger charge is -2.16. The van der Waals surface area contributed by atoms with E-state index in [9.17, 15) is 9.59 Å². The molecule has 0 aromatic heterocycles. The van der Waals surface area contributed by atoms with Crippen molar-refractivity contribution in [3.63, 3.8) is 0 Å². The van der Waals surface area contributed by atoms with E-state index in [1.165, 1.54) is 0 Å². The molecule has 2 N–H and O–H groups in total. The summed E-state index contributed by atoms with van der Waals surface area (Å²) in [4.78, 5) is 25.9. The van der Waals surface area contributed by atoms with Gasteiger partial charge in [-0.2, -0.15) is 0 Å². The molecule has 25 heavy (non-hydrogen) atoms. The first kappa shape index (κ1) is 19.5. The lowest BCUT2D eigenvalue weighted by molar-refractivity contribution is -0.132. The van der Waals surface area contributed by atoms with Crippen LogP contribution in [0.15, 0.2) is 24.3 Å². The number of ether oxygens (including phenoxy) is 1. The molecular formula is C18H26ClN3O3. The fourth-order valence-electron chi connectivity index (χ4n) is 3.23. The maximum absolute atomic E-state index is 12.1. The Morgan fingerprint density at radius 3 is 2.76 bits per heavy atom. The average Bonchev–Trinajstić information content (AvgIpc) is 3.26. The predicted octanol–water partition coefficient (Wildman–Crippen LogP) is 2.19. The second kappa shape index (κ2) is 9.63. The molecule has 6 nitrogen and oxygen atoms in total. The number of hydrogen-bond acceptors (Lipinski definition) is 4. The second-order valence-electron chi connectivity index (χ2n) is 6.45. The van der Waals surface area contributed by atoms with Crippen molar-refractivity contribution >= 4 is 29.9 Å². The number of halogens is 1. The summed E-state index contributed by atoms with van der Waals surface area (Å²) in [5.41, 5.74) is 0.698. The van der Waals surface area contributed by atoms with Crippen molar-refractivity contribution in [3.8, 4) is 5.75 Å². The summed E-state index contributed by atoms with van der Waals surface area (Å²) in [6, 6.07) is 7.49. The number of likely N-dealkylation sites (tertiary alicyclic amines) is 1. The van der Waals surface area contributed by atoms with Crippen molar-refractivity contribution in [2.45, 2.75) is 38.1 Å². The third-order valence-corrected chi connectivity index (χ3v) is 4.53. The average molecular weight is 368 g/mol. The van der Waals surface area contributed by atoms with Gasteiger partial charge in [0.25, 0.3) is 5.91 Å². The Bertz CT molecular complexity index is 585. The van der Waals surface area contributed by atoms with Gasteiger partial charge in [-0.1, -0.05) is 6.07 Å². The molecule has 138 valence electrons. The van der Waals surface area contributed by atoms with E-state index in [0.29, 0.717) is 17.9 Å². The minimum Gasteiger partial charge on any atom is -0.484 e. The van der Waals surface area contributed by atoms with Crippen molar-refractivity contribution in [1.29, 1.82) is 0 Å². The monoisotopic (exact) mass is 367 g/mol. The summed E-state index contributed by atoms with van der Waals surface area (Å²) in [5, 5.41) is 6.21. The molecule has 0 bridgehead atoms. The highest BCUT2D eigenvalue weighted by Gasteiger charge is 2.19. The van der Waals surface area contributed by atoms with Gasteiger partial charge in [0.2, 0.25) is 5.91 Å². The van der Waals surface area contributed by atoms with Gasteiger partial charge in [0.05, 0.1) is 0 Å². The molecular weight excluding hydrogens is 342 g/mol. The molecule has 2 amide bonds. The number of carbonyl (C=O) groups excluding carboxylic acids is 2. The third-order valence-electron chi connectivity index (χ3n) is 4.53. The topological polar surface area (TPSA) is 70.7 Å². The van der Waals surface area contributed by atoms with Crippen LogP contribution in [-0.4, -0.2) is 49.0 Å². The smallest absolute Gasteiger partial charge is 0.260 e. The largest absolute Gasteiger partial charge is 0.484 e. The number of rotatable bonds is 6. The highest BCUT2D eigenvalue weighted by atomic mass is 35.5. The van der Waals surface area contributed by atoms with Gasteiger partial charge in [-0.05, 0) is 44.4 Å². The molecule has 1 atom stereocenters. The Kier molecular flexibility index (Phi) is 7.52. The van der Waals surface area contributed by atoms with E-state index < -0.39 is 0 Å². The quantitative estimate of drug-likeness (QED) is 0.808. The van der Waals surface area contributed by atoms with E-state index in [1.54, 1.807) is 12.1 Å². The van der Waals surface area contributed by atoms with E-state index in [0.717, 1.165) is 45.3 Å². The molecule has 7 heteroatoms. The molecule has 2 heterocycles. The van der Waals surface area contributed by atoms with E-state index in [4.69, 9.17) is 4.74 Å². The maximum Gasteiger partial charge on any atom is 0.260 e. The van der Waals surface area contributed by atoms with Gasteiger partial charge in [-0.15, -0.1) is 12.4 Å². The Morgan fingerprint density at radius 1 is 1.24 bits per heavy atom. The van der Waals surface area contributed by atoms with Crippen molar-refractivity contribution in [3.05, 3.63) is 24.3 Å². The van der Waals surface area contributed by atoms with Crippen LogP contribution >= 0.6 is 12.4 Å². The van der Waals surface area contributed by atoms with Crippen molar-refractivity contribution < 1.29 is 14.3 Å². The van der Waals surface area contributed by atoms with Crippen LogP contribution in [0.1, 0.15) is 32.1 Å². The van der Waals surface area contributed by atoms with Crippen molar-refractivity contribution in [2.24, 2.45) is 0 Å². The fraction of sp³-hybridized carbons (Fsp3) is 0.556. The van der Waals surface area contributed by atoms with Crippen LogP contribution in [0.4, 0.5) is 5.69 Å². The number of nitrogens with one attached hydrogen (secondary N) is 2. The SMILES string of the molecule is Cl.O=C(CC1CCCN1)Nc1cccc(OCC(=O)N2CCCC2)c1. The number of nitrogens with zero attached hydrogens (tertiary/aromatic N) is 1. The Morgan fingerprint density at radius 2 is 2.04 bits per heavy atom. The number of benzene rings is 1. The van der Waals surface area contributed by atoms with Crippen LogP contribution in [-0.2, 0) is 9.59 Å². The van der Waals surface area contributed by atoms with E-state index in [1.807, 2.05) is 17.0 Å². The molecule has 2 aliphatic heterocycles. The van der Waals surface area contributed by atoms with Crippen LogP contribution in [0.25, 0.3) is 0 Å². The fourth-order valence-corrected chi connectivity index (χ4v) is 3.23. The van der Waals surface area contributed by atoms with Gasteiger partial charge < -0.3 is 20.3 Å². The normalized spacial score (nSPS) is 19.4. The first-order valence-corrected chi connectivity index (χ1v) is 8.74. The highest BCUT2D eigenvalue weighted by molar-refractivity contribution is 5.91. The molecule has 3 rings (SSSR count). The molecule has 1 aromatic carbocycles. The minimum absolute atomic E-state index is 0. The summed E-state index contributed by atoms with van der Waals surface area (Å²) in [6.45, 7) is 2.69. The summed E-state index contributed by atoms with van der Waals surface area (Å²) in [6.07, 6.45) is 4.81. The zero-order valence-corrected chi connectivity index (χ0v) is 15.1. The second-order valence-corrected chi connectivity index (χ2v) is 6.45. The predicted molar refractivity (Wildman–Crippen MR) is 99.3 cm³/mol. The van der Waals surface area contributed by atoms with Crippen LogP contribution in [0.3, 0.4) is 0 Å². The first-order valence-electron chi connectivity index (χ1n) is 8.74. The first-order chi connectivity index (χ1) is 11.7. The lowest BCUT2D eigenvalue weighted by atomic mass is 10.1. The number of anilines is 1. The van der Waals surface area contributed by atoms with Crippen molar-refractivity contribution in [1.82, 2.24) is 10.2 Å². The van der Waals surface area contributed by atoms with Gasteiger partial charge in [0, 0.05) is 37.3 Å². The molecule has 2 fully saturated rings. The zero-order chi connectivity index (χ0) is 16.8. The molecule has 0 spiro atoms. The van der Waals surface area contributed by atoms with Gasteiger partial charge in [-0.25, -0.2) is 0 Å². The van der Waals surface area contributed by atoms with Crippen LogP contribution in [0.2, 0.25) is 0 Å². The summed E-state index contributed by atoms with van der Waals surface area (Å²) in [5.74, 6) is 0.619. The molecule has 0 aliphatic carbocycles. The Hall–Kier alpha value is -1.79. The summed E-state index contributed by atoms with van der Waals surface area (Å²) >= 11 is 0. The van der Waals surface area contributed by atoms with Gasteiger partial charge in [-0.3, -0.25) is 9.59 Å². The number of carbonyl (C=O) groups is 2. The van der Waals surface area contributed by atoms with Crippen LogP contribution in [0.5, 0.6) is 5.75 Å². The molecule has 1 aromatic rings. The standard InChI is InChI=1S/C18H25N3O3.ClH/c22-17(12-14-6-4-8-19-14)20-15-5-3-7-16(11-15)24-13-18(23)21-9-1-2-10-21;/h3,5,7,11,14,19H,1-2,4,6,8-10,12-13H2,(H,20,22);1H. The van der Waals surface area contributed by atoms with Crippen LogP contribution < -0.4 is 15.4 Å². The van der Waals surface area contributed by atoms with Gasteiger partial charge >= 0.3 is 0 Å². The molecule has 2 aliphatic rings. The molecule has 0 saturated carbocycles. The van der Waals surface area contributed by atoms with Gasteiger partial charge in [0.15, 0.2) is 6.61 Å². The molecule has 0 radical (unpaired) electrons. The number of hydrogen-bond donors (Lipinski definition) is 2. The van der Waals surface area contributed by atoms with Crippen LogP contribution in [0, 0.1) is 0 Å². The van der Waals surface area contributed by atoms with E-state index in [-0.39, 0.29) is 36.9 Å². The number of amides is 2. The summed E-state index contributed by atoms with van der Waals surface area (Å²) in [7, 11) is 0. The molecule has 2 saturated heterocycles. The Balaban J connectivity index is 0.00000225. The van der Waals surface area contributed by atoms with Gasteiger partial charge in [0.1, 0.15) is 5.75 Å². The summed E-state index contributed by atoms with van der Waals surface area (Å²) < 4.78 is 5.58. The minimum atomic E-state index is -0.000284. The Labute approximate surface area is 154 Å². The highest BCUT2D eigenvalue weighted by Crippen LogP contribution is 2.19. The lowest BCUT2D eigenvalue weighted by Crippen LogP contribution is -2.32. The third kappa shape index (κ3) is 5.90. The maximum atomic E-state index is 12.1. The van der Waals surface area contributed by atoms with E-state index >= 15 is 0 Å². The molecule has 1 unspecified atom stereocenters. The zero-order valence-electron chi connectivity index (χ0n) is 14.3. The van der Waals surface area contributed by atoms with Crippen molar-refractivity contribution in [2.75, 3.05) is 31.6 Å². The van der Waals surface area contributed by atoms with E-state index in [2.05, 4.69) is 10.6 Å².